The smallest absolute Gasteiger partial charge is 0.380 e. The van der Waals surface area contributed by atoms with Crippen molar-refractivity contribution in [2.24, 2.45) is 0 Å². The van der Waals surface area contributed by atoms with Crippen molar-refractivity contribution < 1.29 is 17.9 Å². The molecule has 1 aromatic rings. The van der Waals surface area contributed by atoms with Crippen LogP contribution in [0, 0.1) is 0 Å². The molecule has 0 atom stereocenters. The fourth-order valence-electron chi connectivity index (χ4n) is 1.35. The van der Waals surface area contributed by atoms with Crippen LogP contribution in [0.1, 0.15) is 12.6 Å². The third-order valence-corrected chi connectivity index (χ3v) is 2.39. The van der Waals surface area contributed by atoms with Gasteiger partial charge in [-0.3, -0.25) is 0 Å². The van der Waals surface area contributed by atoms with Crippen LogP contribution in [0.4, 0.5) is 24.9 Å². The Morgan fingerprint density at radius 3 is 2.58 bits per heavy atom. The van der Waals surface area contributed by atoms with Crippen molar-refractivity contribution in [3.05, 3.63) is 11.8 Å². The Balaban J connectivity index is 2.93. The molecule has 8 heteroatoms. The second-order valence-electron chi connectivity index (χ2n) is 3.80. The van der Waals surface area contributed by atoms with E-state index in [-0.39, 0.29) is 11.8 Å². The standard InChI is InChI=1S/C11H17F3N4O/c1-4-19-6-5-18(3)9-7-8(11(12,13)14)16-10(15-2)17-9/h7H,4-6H2,1-3H3,(H,15,16,17). The quantitative estimate of drug-likeness (QED) is 0.807. The first-order chi connectivity index (χ1) is 8.88. The van der Waals surface area contributed by atoms with Crippen LogP contribution in [0.3, 0.4) is 0 Å². The molecule has 1 aromatic heterocycles. The molecule has 1 heterocycles. The van der Waals surface area contributed by atoms with E-state index in [4.69, 9.17) is 4.74 Å². The number of hydrogen-bond donors (Lipinski definition) is 1. The van der Waals surface area contributed by atoms with Gasteiger partial charge in [-0.25, -0.2) is 4.98 Å². The molecule has 0 saturated heterocycles. The summed E-state index contributed by atoms with van der Waals surface area (Å²) in [6, 6.07) is 0.923. The molecule has 19 heavy (non-hydrogen) atoms. The van der Waals surface area contributed by atoms with Crippen LogP contribution in [0.25, 0.3) is 0 Å². The Kier molecular flexibility index (Phi) is 5.34. The second-order valence-corrected chi connectivity index (χ2v) is 3.80. The Morgan fingerprint density at radius 2 is 2.05 bits per heavy atom. The molecule has 5 nitrogen and oxygen atoms in total. The number of alkyl halides is 3. The molecule has 0 aromatic carbocycles. The molecule has 0 aliphatic heterocycles. The van der Waals surface area contributed by atoms with Crippen LogP contribution in [0.5, 0.6) is 0 Å². The normalized spacial score (nSPS) is 11.5. The highest BCUT2D eigenvalue weighted by Gasteiger charge is 2.34. The minimum atomic E-state index is -4.50. The number of ether oxygens (including phenoxy) is 1. The Morgan fingerprint density at radius 1 is 1.37 bits per heavy atom. The fourth-order valence-corrected chi connectivity index (χ4v) is 1.35. The minimum absolute atomic E-state index is 0.0620. The number of nitrogens with zero attached hydrogens (tertiary/aromatic N) is 3. The lowest BCUT2D eigenvalue weighted by atomic mass is 10.3. The van der Waals surface area contributed by atoms with Crippen molar-refractivity contribution in [1.29, 1.82) is 0 Å². The molecule has 0 spiro atoms. The molecule has 0 aliphatic rings. The molecule has 0 aliphatic carbocycles. The van der Waals surface area contributed by atoms with Gasteiger partial charge in [-0.05, 0) is 6.92 Å². The number of rotatable bonds is 6. The van der Waals surface area contributed by atoms with Crippen LogP contribution in [-0.4, -0.2) is 43.8 Å². The number of hydrogen-bond acceptors (Lipinski definition) is 5. The maximum atomic E-state index is 12.7. The van der Waals surface area contributed by atoms with Crippen LogP contribution >= 0.6 is 0 Å². The zero-order valence-corrected chi connectivity index (χ0v) is 11.1. The maximum absolute atomic E-state index is 12.7. The maximum Gasteiger partial charge on any atom is 0.433 e. The first kappa shape index (κ1) is 15.5. The average Bonchev–Trinajstić information content (AvgIpc) is 2.37. The summed E-state index contributed by atoms with van der Waals surface area (Å²) in [7, 11) is 3.13. The molecule has 0 bridgehead atoms. The van der Waals surface area contributed by atoms with E-state index in [2.05, 4.69) is 15.3 Å². The van der Waals surface area contributed by atoms with Gasteiger partial charge in [0.25, 0.3) is 0 Å². The predicted octanol–water partition coefficient (Wildman–Crippen LogP) is 2.01. The zero-order chi connectivity index (χ0) is 14.5. The first-order valence-electron chi connectivity index (χ1n) is 5.81. The summed E-state index contributed by atoms with van der Waals surface area (Å²) in [5, 5.41) is 2.52. The monoisotopic (exact) mass is 278 g/mol. The first-order valence-corrected chi connectivity index (χ1v) is 5.81. The molecule has 0 fully saturated rings. The Hall–Kier alpha value is -1.57. The van der Waals surface area contributed by atoms with Crippen molar-refractivity contribution in [2.45, 2.75) is 13.1 Å². The van der Waals surface area contributed by atoms with Gasteiger partial charge in [0.05, 0.1) is 6.61 Å². The van der Waals surface area contributed by atoms with Gasteiger partial charge in [0.2, 0.25) is 5.95 Å². The predicted molar refractivity (Wildman–Crippen MR) is 66.3 cm³/mol. The second kappa shape index (κ2) is 6.55. The molecular weight excluding hydrogens is 261 g/mol. The van der Waals surface area contributed by atoms with Crippen molar-refractivity contribution in [2.75, 3.05) is 44.1 Å². The third-order valence-electron chi connectivity index (χ3n) is 2.39. The molecule has 0 radical (unpaired) electrons. The van der Waals surface area contributed by atoms with Gasteiger partial charge in [0, 0.05) is 33.3 Å². The van der Waals surface area contributed by atoms with Crippen molar-refractivity contribution in [3.63, 3.8) is 0 Å². The van der Waals surface area contributed by atoms with Crippen molar-refractivity contribution in [1.82, 2.24) is 9.97 Å². The highest BCUT2D eigenvalue weighted by molar-refractivity contribution is 5.44. The highest BCUT2D eigenvalue weighted by atomic mass is 19.4. The number of halogens is 3. The Bertz CT molecular complexity index is 411. The molecule has 108 valence electrons. The lowest BCUT2D eigenvalue weighted by molar-refractivity contribution is -0.141. The lowest BCUT2D eigenvalue weighted by Gasteiger charge is -2.19. The van der Waals surface area contributed by atoms with Crippen LogP contribution < -0.4 is 10.2 Å². The largest absolute Gasteiger partial charge is 0.433 e. The Labute approximate surface area is 109 Å². The van der Waals surface area contributed by atoms with E-state index in [1.165, 1.54) is 7.05 Å². The summed E-state index contributed by atoms with van der Waals surface area (Å²) in [4.78, 5) is 8.98. The van der Waals surface area contributed by atoms with Crippen LogP contribution in [0.2, 0.25) is 0 Å². The van der Waals surface area contributed by atoms with Crippen molar-refractivity contribution in [3.8, 4) is 0 Å². The third kappa shape index (κ3) is 4.55. The van der Waals surface area contributed by atoms with E-state index < -0.39 is 11.9 Å². The van der Waals surface area contributed by atoms with E-state index in [0.717, 1.165) is 6.07 Å². The average molecular weight is 278 g/mol. The summed E-state index contributed by atoms with van der Waals surface area (Å²) in [6.45, 7) is 3.29. The molecule has 1 rings (SSSR count). The van der Waals surface area contributed by atoms with E-state index in [1.54, 1.807) is 11.9 Å². The van der Waals surface area contributed by atoms with E-state index in [1.807, 2.05) is 6.92 Å². The topological polar surface area (TPSA) is 50.3 Å². The number of likely N-dealkylation sites (N-methyl/N-ethyl adjacent to an activating group) is 1. The SMILES string of the molecule is CCOCCN(C)c1cc(C(F)(F)F)nc(NC)n1. The van der Waals surface area contributed by atoms with E-state index >= 15 is 0 Å². The van der Waals surface area contributed by atoms with Gasteiger partial charge in [-0.2, -0.15) is 18.2 Å². The summed E-state index contributed by atoms with van der Waals surface area (Å²) in [5.74, 6) is 0.138. The summed E-state index contributed by atoms with van der Waals surface area (Å²) >= 11 is 0. The summed E-state index contributed by atoms with van der Waals surface area (Å²) < 4.78 is 43.2. The summed E-state index contributed by atoms with van der Waals surface area (Å²) in [5.41, 5.74) is -0.967. The highest BCUT2D eigenvalue weighted by Crippen LogP contribution is 2.30. The molecular formula is C11H17F3N4O. The zero-order valence-electron chi connectivity index (χ0n) is 11.1. The minimum Gasteiger partial charge on any atom is -0.380 e. The molecule has 1 N–H and O–H groups in total. The lowest BCUT2D eigenvalue weighted by Crippen LogP contribution is -2.25. The summed E-state index contributed by atoms with van der Waals surface area (Å²) in [6.07, 6.45) is -4.50. The number of anilines is 2. The van der Waals surface area contributed by atoms with Gasteiger partial charge in [-0.15, -0.1) is 0 Å². The van der Waals surface area contributed by atoms with E-state index in [9.17, 15) is 13.2 Å². The van der Waals surface area contributed by atoms with Crippen LogP contribution in [0.15, 0.2) is 6.07 Å². The van der Waals surface area contributed by atoms with Gasteiger partial charge in [0.15, 0.2) is 5.69 Å². The van der Waals surface area contributed by atoms with E-state index in [0.29, 0.717) is 19.8 Å². The van der Waals surface area contributed by atoms with Crippen molar-refractivity contribution >= 4 is 11.8 Å². The van der Waals surface area contributed by atoms with Crippen LogP contribution in [-0.2, 0) is 10.9 Å². The van der Waals surface area contributed by atoms with Gasteiger partial charge in [0.1, 0.15) is 5.82 Å². The fraction of sp³-hybridized carbons (Fsp3) is 0.636. The van der Waals surface area contributed by atoms with Gasteiger partial charge >= 0.3 is 6.18 Å². The molecule has 0 unspecified atom stereocenters. The molecule has 0 saturated carbocycles. The molecule has 0 amide bonds. The van der Waals surface area contributed by atoms with Gasteiger partial charge in [-0.1, -0.05) is 0 Å². The number of nitrogens with one attached hydrogen (secondary N) is 1. The van der Waals surface area contributed by atoms with Gasteiger partial charge < -0.3 is 15.0 Å². The number of aromatic nitrogens is 2.